The summed E-state index contributed by atoms with van der Waals surface area (Å²) < 4.78 is 10.8. The molecule has 1 atom stereocenters. The molecule has 1 amide bonds. The second-order valence-corrected chi connectivity index (χ2v) is 10.2. The van der Waals surface area contributed by atoms with Gasteiger partial charge in [0.05, 0.1) is 23.9 Å². The first-order valence-electron chi connectivity index (χ1n) is 12.3. The molecule has 0 saturated carbocycles. The molecule has 1 aliphatic rings. The minimum absolute atomic E-state index is 0.0149. The first kappa shape index (κ1) is 28.1. The van der Waals surface area contributed by atoms with E-state index >= 15 is 0 Å². The summed E-state index contributed by atoms with van der Waals surface area (Å²) in [6.45, 7) is 7.79. The van der Waals surface area contributed by atoms with Gasteiger partial charge in [-0.05, 0) is 55.3 Å². The number of aliphatic hydroxyl groups is 1. The van der Waals surface area contributed by atoms with Crippen molar-refractivity contribution in [3.63, 3.8) is 0 Å². The lowest BCUT2D eigenvalue weighted by molar-refractivity contribution is -0.132. The fraction of sp³-hybridized carbons (Fsp3) is 0.241. The summed E-state index contributed by atoms with van der Waals surface area (Å²) in [7, 11) is 0. The first-order chi connectivity index (χ1) is 18.8. The standard InChI is InChI=1S/C29H27ClN2O6S/c1-4-6-15-37-21-12-10-18(11-13-21)24(33)22-23(19-8-7-9-20(30)16-19)32(27(35)25(22)34)29-31-17(3)26(39-29)28(36)38-14-5-2/h5,7-13,16,23,33H,2,4,6,14-15H2,1,3H3/t23-/m0/s1. The number of amides is 1. The quantitative estimate of drug-likeness (QED) is 0.0771. The SMILES string of the molecule is C=CCOC(=O)c1sc(N2C(=O)C(=O)C(=C(O)c3ccc(OCCCC)cc3)[C@@H]2c2cccc(Cl)c2)nc1C. The molecule has 2 heterocycles. The third-order valence-corrected chi connectivity index (χ3v) is 7.38. The lowest BCUT2D eigenvalue weighted by atomic mass is 9.95. The molecular weight excluding hydrogens is 540 g/mol. The Kier molecular flexibility index (Phi) is 8.83. The van der Waals surface area contributed by atoms with Gasteiger partial charge < -0.3 is 14.6 Å². The van der Waals surface area contributed by atoms with Gasteiger partial charge in [0, 0.05) is 10.6 Å². The number of rotatable bonds is 10. The Hall–Kier alpha value is -3.95. The van der Waals surface area contributed by atoms with E-state index < -0.39 is 23.7 Å². The van der Waals surface area contributed by atoms with Crippen LogP contribution in [0.1, 0.15) is 52.3 Å². The number of aryl methyl sites for hydroxylation is 1. The highest BCUT2D eigenvalue weighted by atomic mass is 35.5. The van der Waals surface area contributed by atoms with Crippen LogP contribution < -0.4 is 9.64 Å². The van der Waals surface area contributed by atoms with Crippen molar-refractivity contribution in [2.45, 2.75) is 32.7 Å². The fourth-order valence-corrected chi connectivity index (χ4v) is 5.28. The van der Waals surface area contributed by atoms with Crippen LogP contribution in [0.25, 0.3) is 5.76 Å². The van der Waals surface area contributed by atoms with Crippen molar-refractivity contribution in [2.75, 3.05) is 18.1 Å². The van der Waals surface area contributed by atoms with Gasteiger partial charge in [0.25, 0.3) is 5.78 Å². The number of Topliss-reactive ketones (excluding diaryl/α,β-unsaturated/α-hetero) is 1. The molecule has 1 saturated heterocycles. The van der Waals surface area contributed by atoms with Crippen LogP contribution in [0.3, 0.4) is 0 Å². The lowest BCUT2D eigenvalue weighted by Crippen LogP contribution is -2.29. The second-order valence-electron chi connectivity index (χ2n) is 8.75. The van der Waals surface area contributed by atoms with Crippen molar-refractivity contribution >= 4 is 51.5 Å². The maximum Gasteiger partial charge on any atom is 0.350 e. The normalized spacial score (nSPS) is 16.4. The molecule has 1 aromatic heterocycles. The third-order valence-electron chi connectivity index (χ3n) is 6.01. The number of ketones is 1. The van der Waals surface area contributed by atoms with Crippen molar-refractivity contribution in [1.82, 2.24) is 4.98 Å². The maximum atomic E-state index is 13.4. The molecule has 2 aromatic carbocycles. The summed E-state index contributed by atoms with van der Waals surface area (Å²) in [6, 6.07) is 12.3. The maximum absolute atomic E-state index is 13.4. The minimum Gasteiger partial charge on any atom is -0.507 e. The number of hydrogen-bond acceptors (Lipinski definition) is 8. The average molecular weight is 567 g/mol. The van der Waals surface area contributed by atoms with Crippen molar-refractivity contribution in [2.24, 2.45) is 0 Å². The first-order valence-corrected chi connectivity index (χ1v) is 13.5. The smallest absolute Gasteiger partial charge is 0.350 e. The lowest BCUT2D eigenvalue weighted by Gasteiger charge is -2.23. The highest BCUT2D eigenvalue weighted by molar-refractivity contribution is 7.17. The van der Waals surface area contributed by atoms with E-state index in [2.05, 4.69) is 18.5 Å². The van der Waals surface area contributed by atoms with Gasteiger partial charge in [-0.15, -0.1) is 0 Å². The van der Waals surface area contributed by atoms with Crippen molar-refractivity contribution in [3.8, 4) is 5.75 Å². The number of hydrogen-bond donors (Lipinski definition) is 1. The zero-order valence-electron chi connectivity index (χ0n) is 21.5. The van der Waals surface area contributed by atoms with Gasteiger partial charge in [-0.25, -0.2) is 9.78 Å². The predicted octanol–water partition coefficient (Wildman–Crippen LogP) is 6.25. The Morgan fingerprint density at radius 2 is 1.97 bits per heavy atom. The number of benzene rings is 2. The van der Waals surface area contributed by atoms with Gasteiger partial charge >= 0.3 is 11.9 Å². The molecule has 0 spiro atoms. The van der Waals surface area contributed by atoms with Crippen LogP contribution in [-0.2, 0) is 14.3 Å². The predicted molar refractivity (Wildman–Crippen MR) is 150 cm³/mol. The van der Waals surface area contributed by atoms with Crippen LogP contribution in [-0.4, -0.2) is 41.0 Å². The molecule has 1 fully saturated rings. The van der Waals surface area contributed by atoms with Gasteiger partial charge in [0.1, 0.15) is 23.0 Å². The number of thiazole rings is 1. The van der Waals surface area contributed by atoms with E-state index in [1.165, 1.54) is 11.0 Å². The largest absolute Gasteiger partial charge is 0.507 e. The zero-order valence-corrected chi connectivity index (χ0v) is 23.1. The van der Waals surface area contributed by atoms with E-state index in [-0.39, 0.29) is 27.9 Å². The molecule has 3 aromatic rings. The third kappa shape index (κ3) is 5.89. The summed E-state index contributed by atoms with van der Waals surface area (Å²) in [5, 5.41) is 11.8. The summed E-state index contributed by atoms with van der Waals surface area (Å²) >= 11 is 7.18. The van der Waals surface area contributed by atoms with Crippen LogP contribution in [0.15, 0.2) is 66.8 Å². The minimum atomic E-state index is -1.04. The molecule has 4 rings (SSSR count). The Labute approximate surface area is 235 Å². The van der Waals surface area contributed by atoms with E-state index in [9.17, 15) is 19.5 Å². The van der Waals surface area contributed by atoms with Gasteiger partial charge in [-0.3, -0.25) is 14.5 Å². The number of aromatic nitrogens is 1. The van der Waals surface area contributed by atoms with Gasteiger partial charge in [-0.2, -0.15) is 0 Å². The van der Waals surface area contributed by atoms with Crippen LogP contribution >= 0.6 is 22.9 Å². The number of nitrogens with zero attached hydrogens (tertiary/aromatic N) is 2. The molecule has 1 N–H and O–H groups in total. The van der Waals surface area contributed by atoms with Crippen LogP contribution in [0, 0.1) is 6.92 Å². The number of ether oxygens (including phenoxy) is 2. The Morgan fingerprint density at radius 3 is 2.64 bits per heavy atom. The topological polar surface area (TPSA) is 106 Å². The van der Waals surface area contributed by atoms with Crippen LogP contribution in [0.4, 0.5) is 5.13 Å². The summed E-state index contributed by atoms with van der Waals surface area (Å²) in [5.74, 6) is -2.11. The molecule has 10 heteroatoms. The molecule has 1 aliphatic heterocycles. The van der Waals surface area contributed by atoms with E-state index in [0.717, 1.165) is 24.2 Å². The second kappa shape index (κ2) is 12.3. The molecule has 8 nitrogen and oxygen atoms in total. The Morgan fingerprint density at radius 1 is 1.23 bits per heavy atom. The average Bonchev–Trinajstić information content (AvgIpc) is 3.44. The van der Waals surface area contributed by atoms with E-state index in [1.807, 2.05) is 0 Å². The Bertz CT molecular complexity index is 1450. The summed E-state index contributed by atoms with van der Waals surface area (Å²) in [5.41, 5.74) is 1.05. The van der Waals surface area contributed by atoms with Crippen LogP contribution in [0.2, 0.25) is 5.02 Å². The number of esters is 1. The molecule has 39 heavy (non-hydrogen) atoms. The van der Waals surface area contributed by atoms with Crippen molar-refractivity contribution in [3.05, 3.63) is 93.5 Å². The van der Waals surface area contributed by atoms with E-state index in [0.29, 0.717) is 34.2 Å². The number of anilines is 1. The monoisotopic (exact) mass is 566 g/mol. The number of carbonyl (C=O) groups excluding carboxylic acids is 3. The zero-order chi connectivity index (χ0) is 28.1. The molecule has 0 unspecified atom stereocenters. The van der Waals surface area contributed by atoms with Gasteiger partial charge in [0.15, 0.2) is 5.13 Å². The molecule has 0 radical (unpaired) electrons. The number of carbonyl (C=O) groups is 3. The number of unbranched alkanes of at least 4 members (excludes halogenated alkanes) is 1. The van der Waals surface area contributed by atoms with Crippen molar-refractivity contribution < 1.29 is 29.0 Å². The molecule has 0 bridgehead atoms. The van der Waals surface area contributed by atoms with E-state index in [1.54, 1.807) is 55.5 Å². The summed E-state index contributed by atoms with van der Waals surface area (Å²) in [6.07, 6.45) is 3.35. The highest BCUT2D eigenvalue weighted by Gasteiger charge is 2.48. The fourth-order valence-electron chi connectivity index (χ4n) is 4.10. The summed E-state index contributed by atoms with van der Waals surface area (Å²) in [4.78, 5) is 45.1. The molecule has 202 valence electrons. The molecular formula is C29H27ClN2O6S. The van der Waals surface area contributed by atoms with E-state index in [4.69, 9.17) is 21.1 Å². The number of aliphatic hydroxyl groups excluding tert-OH is 1. The van der Waals surface area contributed by atoms with Crippen molar-refractivity contribution in [1.29, 1.82) is 0 Å². The molecule has 0 aliphatic carbocycles. The van der Waals surface area contributed by atoms with Gasteiger partial charge in [0.2, 0.25) is 0 Å². The highest BCUT2D eigenvalue weighted by Crippen LogP contribution is 2.44. The van der Waals surface area contributed by atoms with Gasteiger partial charge in [-0.1, -0.05) is 61.1 Å². The Balaban J connectivity index is 1.80. The number of halogens is 1. The van der Waals surface area contributed by atoms with Crippen LogP contribution in [0.5, 0.6) is 5.75 Å².